The smallest absolute Gasteiger partial charge is 0.254 e. The first-order chi connectivity index (χ1) is 16.1. The minimum absolute atomic E-state index is 0.0830. The van der Waals surface area contributed by atoms with Gasteiger partial charge in [-0.3, -0.25) is 4.79 Å². The van der Waals surface area contributed by atoms with Gasteiger partial charge in [0.25, 0.3) is 5.91 Å². The van der Waals surface area contributed by atoms with E-state index >= 15 is 0 Å². The van der Waals surface area contributed by atoms with Gasteiger partial charge in [0.15, 0.2) is 11.5 Å². The van der Waals surface area contributed by atoms with E-state index in [1.54, 1.807) is 0 Å². The van der Waals surface area contributed by atoms with Crippen LogP contribution in [0.15, 0.2) is 48.7 Å². The van der Waals surface area contributed by atoms with Crippen LogP contribution in [0.3, 0.4) is 0 Å². The van der Waals surface area contributed by atoms with Crippen molar-refractivity contribution in [1.29, 1.82) is 0 Å². The quantitative estimate of drug-likeness (QED) is 0.592. The van der Waals surface area contributed by atoms with E-state index in [2.05, 4.69) is 53.3 Å². The first-order valence-corrected chi connectivity index (χ1v) is 11.8. The number of rotatable bonds is 1. The lowest BCUT2D eigenvalue weighted by atomic mass is 9.89. The number of carbonyl (C=O) groups excluding carboxylic acids is 1. The molecule has 4 heterocycles. The van der Waals surface area contributed by atoms with Crippen LogP contribution in [0.25, 0.3) is 5.69 Å². The first kappa shape index (κ1) is 20.2. The van der Waals surface area contributed by atoms with Crippen LogP contribution in [0.4, 0.5) is 5.69 Å². The molecule has 33 heavy (non-hydrogen) atoms. The summed E-state index contributed by atoms with van der Waals surface area (Å²) in [6.45, 7) is 5.80. The van der Waals surface area contributed by atoms with E-state index in [0.29, 0.717) is 23.3 Å². The first-order valence-electron chi connectivity index (χ1n) is 11.8. The van der Waals surface area contributed by atoms with E-state index in [0.717, 1.165) is 43.7 Å². The van der Waals surface area contributed by atoms with Crippen molar-refractivity contribution in [2.75, 3.05) is 25.2 Å². The Bertz CT molecular complexity index is 1230. The zero-order chi connectivity index (χ0) is 22.5. The Kier molecular flexibility index (Phi) is 4.82. The number of likely N-dealkylation sites (tertiary alicyclic amines) is 1. The van der Waals surface area contributed by atoms with E-state index in [-0.39, 0.29) is 12.7 Å². The second-order valence-electron chi connectivity index (χ2n) is 9.45. The van der Waals surface area contributed by atoms with E-state index in [4.69, 9.17) is 9.47 Å². The van der Waals surface area contributed by atoms with Crippen molar-refractivity contribution in [1.82, 2.24) is 9.47 Å². The number of amides is 1. The third-order valence-electron chi connectivity index (χ3n) is 7.41. The Balaban J connectivity index is 1.28. The molecule has 0 spiro atoms. The van der Waals surface area contributed by atoms with Gasteiger partial charge in [0.05, 0.1) is 11.4 Å². The van der Waals surface area contributed by atoms with Crippen LogP contribution in [0, 0.1) is 19.8 Å². The Hall–Kier alpha value is -3.41. The molecule has 2 unspecified atom stereocenters. The molecule has 1 saturated heterocycles. The number of hydrogen-bond donors (Lipinski definition) is 1. The minimum Gasteiger partial charge on any atom is -0.454 e. The maximum atomic E-state index is 13.5. The molecule has 3 aliphatic heterocycles. The number of fused-ring (bicyclic) bond motifs is 5. The number of ether oxygens (including phenoxy) is 2. The fraction of sp³-hybridized carbons (Fsp3) is 0.370. The minimum atomic E-state index is 0.0830. The molecular formula is C27H29N3O3. The van der Waals surface area contributed by atoms with Crippen molar-refractivity contribution in [3.8, 4) is 17.2 Å². The predicted molar refractivity (Wildman–Crippen MR) is 128 cm³/mol. The van der Waals surface area contributed by atoms with Crippen LogP contribution in [0.5, 0.6) is 11.5 Å². The summed E-state index contributed by atoms with van der Waals surface area (Å²) >= 11 is 0. The Morgan fingerprint density at radius 2 is 1.94 bits per heavy atom. The molecule has 0 saturated carbocycles. The summed E-state index contributed by atoms with van der Waals surface area (Å²) in [6.07, 6.45) is 5.05. The summed E-state index contributed by atoms with van der Waals surface area (Å²) in [6, 6.07) is 15.0. The van der Waals surface area contributed by atoms with E-state index in [9.17, 15) is 4.79 Å². The zero-order valence-corrected chi connectivity index (χ0v) is 19.1. The normalized spacial score (nSPS) is 21.1. The lowest BCUT2D eigenvalue weighted by Gasteiger charge is -2.31. The molecule has 170 valence electrons. The number of hydrogen-bond acceptors (Lipinski definition) is 4. The molecule has 3 aromatic rings. The molecule has 0 radical (unpaired) electrons. The Morgan fingerprint density at radius 3 is 2.85 bits per heavy atom. The summed E-state index contributed by atoms with van der Waals surface area (Å²) in [7, 11) is 0. The molecule has 3 aliphatic rings. The number of carbonyl (C=O) groups is 1. The van der Waals surface area contributed by atoms with Crippen molar-refractivity contribution in [2.45, 2.75) is 39.2 Å². The number of aryl methyl sites for hydroxylation is 1. The molecule has 0 bridgehead atoms. The second kappa shape index (κ2) is 7.87. The number of nitrogens with zero attached hydrogens (tertiary/aromatic N) is 2. The Labute approximate surface area is 194 Å². The maximum absolute atomic E-state index is 13.5. The van der Waals surface area contributed by atoms with E-state index < -0.39 is 0 Å². The predicted octanol–water partition coefficient (Wildman–Crippen LogP) is 4.71. The molecule has 2 atom stereocenters. The third-order valence-corrected chi connectivity index (χ3v) is 7.41. The van der Waals surface area contributed by atoms with Crippen LogP contribution in [0.1, 0.15) is 40.0 Å². The van der Waals surface area contributed by atoms with Gasteiger partial charge in [-0.25, -0.2) is 0 Å². The lowest BCUT2D eigenvalue weighted by Crippen LogP contribution is -2.34. The fourth-order valence-corrected chi connectivity index (χ4v) is 5.58. The maximum Gasteiger partial charge on any atom is 0.254 e. The van der Waals surface area contributed by atoms with Crippen molar-refractivity contribution in [3.05, 3.63) is 71.0 Å². The third kappa shape index (κ3) is 3.45. The van der Waals surface area contributed by atoms with Crippen molar-refractivity contribution >= 4 is 11.6 Å². The van der Waals surface area contributed by atoms with Gasteiger partial charge in [0, 0.05) is 42.1 Å². The molecule has 0 aliphatic carbocycles. The SMILES string of the molecule is Cc1ccc2c(c1)NC1CCN(C(=O)c3ccc4c(c3C)OCO4)CCC1Cc1cccn1-2. The number of anilines is 1. The summed E-state index contributed by atoms with van der Waals surface area (Å²) in [4.78, 5) is 15.5. The van der Waals surface area contributed by atoms with Gasteiger partial charge in [-0.1, -0.05) is 6.07 Å². The van der Waals surface area contributed by atoms with Gasteiger partial charge in [-0.2, -0.15) is 0 Å². The van der Waals surface area contributed by atoms with Crippen molar-refractivity contribution < 1.29 is 14.3 Å². The molecule has 1 aromatic heterocycles. The summed E-state index contributed by atoms with van der Waals surface area (Å²) < 4.78 is 13.4. The lowest BCUT2D eigenvalue weighted by molar-refractivity contribution is 0.0758. The van der Waals surface area contributed by atoms with Crippen molar-refractivity contribution in [2.24, 2.45) is 5.92 Å². The van der Waals surface area contributed by atoms with Gasteiger partial charge in [-0.05, 0) is 81.0 Å². The van der Waals surface area contributed by atoms with Crippen LogP contribution in [0.2, 0.25) is 0 Å². The highest BCUT2D eigenvalue weighted by atomic mass is 16.7. The summed E-state index contributed by atoms with van der Waals surface area (Å²) in [5, 5.41) is 3.86. The highest BCUT2D eigenvalue weighted by Gasteiger charge is 2.32. The van der Waals surface area contributed by atoms with Gasteiger partial charge in [0.1, 0.15) is 0 Å². The van der Waals surface area contributed by atoms with E-state index in [1.807, 2.05) is 24.0 Å². The van der Waals surface area contributed by atoms with Crippen LogP contribution < -0.4 is 14.8 Å². The topological polar surface area (TPSA) is 55.7 Å². The monoisotopic (exact) mass is 443 g/mol. The van der Waals surface area contributed by atoms with Gasteiger partial charge < -0.3 is 24.3 Å². The average Bonchev–Trinajstić information content (AvgIpc) is 3.42. The second-order valence-corrected chi connectivity index (χ2v) is 9.45. The highest BCUT2D eigenvalue weighted by Crippen LogP contribution is 2.38. The molecule has 6 nitrogen and oxygen atoms in total. The number of benzene rings is 2. The molecule has 1 amide bonds. The Morgan fingerprint density at radius 1 is 1.06 bits per heavy atom. The number of aromatic nitrogens is 1. The molecule has 1 fully saturated rings. The largest absolute Gasteiger partial charge is 0.454 e. The molecule has 1 N–H and O–H groups in total. The molecule has 6 heteroatoms. The van der Waals surface area contributed by atoms with Gasteiger partial charge >= 0.3 is 0 Å². The number of nitrogens with one attached hydrogen (secondary N) is 1. The van der Waals surface area contributed by atoms with Crippen LogP contribution in [-0.2, 0) is 6.42 Å². The van der Waals surface area contributed by atoms with Crippen LogP contribution >= 0.6 is 0 Å². The highest BCUT2D eigenvalue weighted by molar-refractivity contribution is 5.96. The molecular weight excluding hydrogens is 414 g/mol. The van der Waals surface area contributed by atoms with Crippen molar-refractivity contribution in [3.63, 3.8) is 0 Å². The standard InChI is InChI=1S/C27H29N3O3/c1-17-5-7-24-23(14-17)28-22-10-13-29(12-9-19(22)15-20-4-3-11-30(20)24)27(31)21-6-8-25-26(18(21)2)33-16-32-25/h3-8,11,14,19,22,28H,9-10,12-13,15-16H2,1-2H3. The fourth-order valence-electron chi connectivity index (χ4n) is 5.58. The van der Waals surface area contributed by atoms with Crippen LogP contribution in [-0.4, -0.2) is 41.3 Å². The van der Waals surface area contributed by atoms with E-state index in [1.165, 1.54) is 22.6 Å². The summed E-state index contributed by atoms with van der Waals surface area (Å²) in [5.74, 6) is 1.97. The van der Waals surface area contributed by atoms with Gasteiger partial charge in [0.2, 0.25) is 6.79 Å². The van der Waals surface area contributed by atoms with Gasteiger partial charge in [-0.15, -0.1) is 0 Å². The average molecular weight is 444 g/mol. The zero-order valence-electron chi connectivity index (χ0n) is 19.1. The summed E-state index contributed by atoms with van der Waals surface area (Å²) in [5.41, 5.74) is 6.53. The molecule has 6 rings (SSSR count). The molecule has 2 aromatic carbocycles.